The van der Waals surface area contributed by atoms with Gasteiger partial charge in [0.2, 0.25) is 0 Å². The van der Waals surface area contributed by atoms with Crippen LogP contribution >= 0.6 is 0 Å². The smallest absolute Gasteiger partial charge is 0.153 e. The van der Waals surface area contributed by atoms with Gasteiger partial charge in [0, 0.05) is 24.3 Å². The van der Waals surface area contributed by atoms with Gasteiger partial charge in [0.15, 0.2) is 6.29 Å². The minimum atomic E-state index is 0.0653. The van der Waals surface area contributed by atoms with Crippen molar-refractivity contribution in [3.05, 3.63) is 23.3 Å². The summed E-state index contributed by atoms with van der Waals surface area (Å²) in [7, 11) is 2.03. The Hall–Kier alpha value is -1.51. The predicted octanol–water partition coefficient (Wildman–Crippen LogP) is 2.93. The van der Waals surface area contributed by atoms with Crippen LogP contribution in [0, 0.1) is 0 Å². The summed E-state index contributed by atoms with van der Waals surface area (Å²) < 4.78 is 0. The average Bonchev–Trinajstić information content (AvgIpc) is 2.25. The summed E-state index contributed by atoms with van der Waals surface area (Å²) in [5, 5.41) is 9.78. The first-order valence-corrected chi connectivity index (χ1v) is 5.92. The van der Waals surface area contributed by atoms with Crippen molar-refractivity contribution in [1.29, 1.82) is 0 Å². The molecule has 0 radical (unpaired) electrons. The molecule has 1 aromatic rings. The van der Waals surface area contributed by atoms with E-state index in [1.165, 1.54) is 0 Å². The van der Waals surface area contributed by atoms with Gasteiger partial charge in [0.1, 0.15) is 5.75 Å². The normalized spacial score (nSPS) is 22.1. The molecule has 2 rings (SSSR count). The maximum absolute atomic E-state index is 10.9. The fourth-order valence-electron chi connectivity index (χ4n) is 2.71. The van der Waals surface area contributed by atoms with E-state index < -0.39 is 0 Å². The van der Waals surface area contributed by atoms with Gasteiger partial charge < -0.3 is 10.0 Å². The summed E-state index contributed by atoms with van der Waals surface area (Å²) in [4.78, 5) is 13.0. The van der Waals surface area contributed by atoms with Crippen molar-refractivity contribution in [2.75, 3.05) is 11.9 Å². The highest BCUT2D eigenvalue weighted by Crippen LogP contribution is 2.44. The van der Waals surface area contributed by atoms with Crippen molar-refractivity contribution in [3.8, 4) is 5.75 Å². The van der Waals surface area contributed by atoms with E-state index in [0.29, 0.717) is 17.8 Å². The standard InChI is InChI=1S/C14H19NO2/c1-9-7-14(2,3)15(4)12-6-13(17)10(8-16)5-11(9)12/h5-6,8-9,17H,7H2,1-4H3/t9-/m0/s1. The first-order chi connectivity index (χ1) is 7.86. The largest absolute Gasteiger partial charge is 0.507 e. The zero-order valence-corrected chi connectivity index (χ0v) is 10.8. The van der Waals surface area contributed by atoms with Gasteiger partial charge in [-0.15, -0.1) is 0 Å². The third kappa shape index (κ3) is 1.79. The number of hydrogen-bond donors (Lipinski definition) is 1. The Bertz CT molecular complexity index is 466. The van der Waals surface area contributed by atoms with Crippen LogP contribution < -0.4 is 4.90 Å². The predicted molar refractivity (Wildman–Crippen MR) is 69.0 cm³/mol. The summed E-state index contributed by atoms with van der Waals surface area (Å²) in [5.41, 5.74) is 2.62. The maximum atomic E-state index is 10.9. The molecule has 1 aromatic carbocycles. The Morgan fingerprint density at radius 3 is 2.71 bits per heavy atom. The molecule has 0 saturated carbocycles. The van der Waals surface area contributed by atoms with Crippen LogP contribution in [0.5, 0.6) is 5.75 Å². The van der Waals surface area contributed by atoms with Crippen molar-refractivity contribution in [1.82, 2.24) is 0 Å². The number of phenolic OH excluding ortho intramolecular Hbond substituents is 1. The fraction of sp³-hybridized carbons (Fsp3) is 0.500. The van der Waals surface area contributed by atoms with E-state index in [2.05, 4.69) is 25.7 Å². The van der Waals surface area contributed by atoms with Crippen LogP contribution in [-0.2, 0) is 0 Å². The van der Waals surface area contributed by atoms with E-state index in [1.54, 1.807) is 6.07 Å². The number of aldehydes is 1. The van der Waals surface area contributed by atoms with Gasteiger partial charge >= 0.3 is 0 Å². The summed E-state index contributed by atoms with van der Waals surface area (Å²) in [6.07, 6.45) is 1.75. The lowest BCUT2D eigenvalue weighted by molar-refractivity contribution is 0.112. The van der Waals surface area contributed by atoms with Crippen molar-refractivity contribution < 1.29 is 9.90 Å². The highest BCUT2D eigenvalue weighted by atomic mass is 16.3. The van der Waals surface area contributed by atoms with Crippen LogP contribution in [0.3, 0.4) is 0 Å². The number of carbonyl (C=O) groups is 1. The molecular formula is C14H19NO2. The lowest BCUT2D eigenvalue weighted by Crippen LogP contribution is -2.45. The molecule has 0 saturated heterocycles. The zero-order chi connectivity index (χ0) is 12.8. The molecule has 0 bridgehead atoms. The van der Waals surface area contributed by atoms with Crippen LogP contribution in [-0.4, -0.2) is 24.0 Å². The third-order valence-corrected chi connectivity index (χ3v) is 3.91. The van der Waals surface area contributed by atoms with Crippen molar-refractivity contribution in [2.24, 2.45) is 0 Å². The molecule has 92 valence electrons. The monoisotopic (exact) mass is 233 g/mol. The first-order valence-electron chi connectivity index (χ1n) is 5.92. The highest BCUT2D eigenvalue weighted by molar-refractivity contribution is 5.82. The SMILES string of the molecule is C[C@H]1CC(C)(C)N(C)c2cc(O)c(C=O)cc21. The van der Waals surface area contributed by atoms with Crippen molar-refractivity contribution in [3.63, 3.8) is 0 Å². The first kappa shape index (κ1) is 12.0. The maximum Gasteiger partial charge on any atom is 0.153 e. The van der Waals surface area contributed by atoms with Crippen LogP contribution in [0.15, 0.2) is 12.1 Å². The number of rotatable bonds is 1. The van der Waals surface area contributed by atoms with Gasteiger partial charge in [0.25, 0.3) is 0 Å². The molecule has 0 amide bonds. The Morgan fingerprint density at radius 1 is 1.47 bits per heavy atom. The molecule has 0 fully saturated rings. The number of benzene rings is 1. The number of nitrogens with zero attached hydrogens (tertiary/aromatic N) is 1. The molecule has 1 N–H and O–H groups in total. The molecule has 1 aliphatic heterocycles. The van der Waals surface area contributed by atoms with Gasteiger partial charge in [-0.3, -0.25) is 4.79 Å². The molecule has 1 aliphatic rings. The number of anilines is 1. The van der Waals surface area contributed by atoms with Crippen LogP contribution in [0.4, 0.5) is 5.69 Å². The number of hydrogen-bond acceptors (Lipinski definition) is 3. The quantitative estimate of drug-likeness (QED) is 0.758. The minimum Gasteiger partial charge on any atom is -0.507 e. The third-order valence-electron chi connectivity index (χ3n) is 3.91. The second kappa shape index (κ2) is 3.76. The van der Waals surface area contributed by atoms with Crippen LogP contribution in [0.2, 0.25) is 0 Å². The van der Waals surface area contributed by atoms with E-state index in [1.807, 2.05) is 13.1 Å². The number of carbonyl (C=O) groups excluding carboxylic acids is 1. The van der Waals surface area contributed by atoms with Crippen molar-refractivity contribution in [2.45, 2.75) is 38.6 Å². The Balaban J connectivity index is 2.61. The molecular weight excluding hydrogens is 214 g/mol. The minimum absolute atomic E-state index is 0.0653. The second-order valence-corrected chi connectivity index (χ2v) is 5.56. The van der Waals surface area contributed by atoms with Gasteiger partial charge in [0.05, 0.1) is 5.56 Å². The summed E-state index contributed by atoms with van der Waals surface area (Å²) in [6.45, 7) is 6.55. The van der Waals surface area contributed by atoms with E-state index in [-0.39, 0.29) is 11.3 Å². The summed E-state index contributed by atoms with van der Waals surface area (Å²) in [5.74, 6) is 0.464. The summed E-state index contributed by atoms with van der Waals surface area (Å²) in [6, 6.07) is 3.52. The highest BCUT2D eigenvalue weighted by Gasteiger charge is 2.34. The molecule has 0 spiro atoms. The van der Waals surface area contributed by atoms with E-state index in [9.17, 15) is 9.90 Å². The van der Waals surface area contributed by atoms with Gasteiger partial charge in [-0.1, -0.05) is 6.92 Å². The molecule has 3 heteroatoms. The van der Waals surface area contributed by atoms with Crippen LogP contribution in [0.1, 0.15) is 49.0 Å². The molecule has 1 atom stereocenters. The molecule has 0 unspecified atom stereocenters. The van der Waals surface area contributed by atoms with E-state index in [0.717, 1.165) is 17.7 Å². The zero-order valence-electron chi connectivity index (χ0n) is 10.8. The topological polar surface area (TPSA) is 40.5 Å². The van der Waals surface area contributed by atoms with E-state index >= 15 is 0 Å². The number of fused-ring (bicyclic) bond motifs is 1. The molecule has 3 nitrogen and oxygen atoms in total. The Kier molecular flexibility index (Phi) is 2.64. The number of phenols is 1. The fourth-order valence-corrected chi connectivity index (χ4v) is 2.71. The number of aromatic hydroxyl groups is 1. The van der Waals surface area contributed by atoms with Gasteiger partial charge in [-0.2, -0.15) is 0 Å². The average molecular weight is 233 g/mol. The van der Waals surface area contributed by atoms with Crippen molar-refractivity contribution >= 4 is 12.0 Å². The molecule has 1 heterocycles. The van der Waals surface area contributed by atoms with Gasteiger partial charge in [-0.25, -0.2) is 0 Å². The lowest BCUT2D eigenvalue weighted by Gasteiger charge is -2.45. The molecule has 17 heavy (non-hydrogen) atoms. The Morgan fingerprint density at radius 2 is 2.12 bits per heavy atom. The molecule has 0 aliphatic carbocycles. The second-order valence-electron chi connectivity index (χ2n) is 5.56. The summed E-state index contributed by atoms with van der Waals surface area (Å²) >= 11 is 0. The van der Waals surface area contributed by atoms with E-state index in [4.69, 9.17) is 0 Å². The van der Waals surface area contributed by atoms with Crippen LogP contribution in [0.25, 0.3) is 0 Å². The molecule has 0 aromatic heterocycles. The lowest BCUT2D eigenvalue weighted by atomic mass is 9.80. The van der Waals surface area contributed by atoms with Gasteiger partial charge in [-0.05, 0) is 37.8 Å². The Labute approximate surface area is 102 Å².